The van der Waals surface area contributed by atoms with Crippen LogP contribution < -0.4 is 4.90 Å². The summed E-state index contributed by atoms with van der Waals surface area (Å²) in [4.78, 5) is 28.2. The van der Waals surface area contributed by atoms with Crippen LogP contribution in [0.3, 0.4) is 0 Å². The average molecular weight is 459 g/mol. The topological polar surface area (TPSA) is 92.6 Å². The van der Waals surface area contributed by atoms with Crippen LogP contribution >= 0.6 is 0 Å². The van der Waals surface area contributed by atoms with Crippen LogP contribution in [0.5, 0.6) is 0 Å². The molecule has 0 unspecified atom stereocenters. The quantitative estimate of drug-likeness (QED) is 0.662. The number of nitrogens with zero attached hydrogens (tertiary/aromatic N) is 4. The second-order valence-electron chi connectivity index (χ2n) is 8.89. The van der Waals surface area contributed by atoms with Gasteiger partial charge in [0.05, 0.1) is 29.7 Å². The zero-order valence-corrected chi connectivity index (χ0v) is 19.7. The Morgan fingerprint density at radius 3 is 2.53 bits per heavy atom. The third-order valence-corrected chi connectivity index (χ3v) is 8.28. The lowest BCUT2D eigenvalue weighted by Crippen LogP contribution is -2.28. The molecule has 0 N–H and O–H groups in total. The molecule has 1 aromatic heterocycles. The summed E-state index contributed by atoms with van der Waals surface area (Å²) in [6.45, 7) is 5.02. The van der Waals surface area contributed by atoms with Crippen molar-refractivity contribution in [3.63, 3.8) is 0 Å². The molecule has 0 radical (unpaired) electrons. The molecule has 0 spiro atoms. The molecule has 1 atom stereocenters. The van der Waals surface area contributed by atoms with E-state index in [0.29, 0.717) is 19.4 Å². The predicted molar refractivity (Wildman–Crippen MR) is 122 cm³/mol. The Labute approximate surface area is 189 Å². The van der Waals surface area contributed by atoms with Gasteiger partial charge in [-0.25, -0.2) is 8.42 Å². The van der Waals surface area contributed by atoms with Crippen molar-refractivity contribution in [3.8, 4) is 0 Å². The third kappa shape index (κ3) is 4.57. The molecule has 9 heteroatoms. The van der Waals surface area contributed by atoms with Crippen LogP contribution in [-0.2, 0) is 32.4 Å². The standard InChI is InChI=1S/C23H30N4O4S/c1-16-21(17(2)27(24-16)20-10-12-32(30,31)15-20)14-25(3)23(29)13-18-6-8-19(9-7-18)26-11-4-5-22(26)28/h6-9,20H,4-5,10-15H2,1-3H3/t20-/m1/s1. The summed E-state index contributed by atoms with van der Waals surface area (Å²) < 4.78 is 25.5. The molecule has 0 aliphatic carbocycles. The van der Waals surface area contributed by atoms with Crippen LogP contribution in [0, 0.1) is 13.8 Å². The minimum absolute atomic E-state index is 0.00927. The summed E-state index contributed by atoms with van der Waals surface area (Å²) in [5.74, 6) is 0.469. The number of likely N-dealkylation sites (N-methyl/N-ethyl adjacent to an activating group) is 1. The highest BCUT2D eigenvalue weighted by Gasteiger charge is 2.31. The monoisotopic (exact) mass is 458 g/mol. The second-order valence-corrected chi connectivity index (χ2v) is 11.1. The van der Waals surface area contributed by atoms with E-state index in [1.54, 1.807) is 16.8 Å². The zero-order valence-electron chi connectivity index (χ0n) is 18.9. The van der Waals surface area contributed by atoms with Crippen molar-refractivity contribution < 1.29 is 18.0 Å². The number of hydrogen-bond donors (Lipinski definition) is 0. The Kier molecular flexibility index (Phi) is 6.11. The lowest BCUT2D eigenvalue weighted by atomic mass is 10.1. The van der Waals surface area contributed by atoms with Crippen LogP contribution in [0.15, 0.2) is 24.3 Å². The van der Waals surface area contributed by atoms with Crippen molar-refractivity contribution in [2.24, 2.45) is 0 Å². The van der Waals surface area contributed by atoms with Gasteiger partial charge in [0, 0.05) is 43.5 Å². The molecule has 2 amide bonds. The number of hydrogen-bond acceptors (Lipinski definition) is 5. The van der Waals surface area contributed by atoms with Crippen molar-refractivity contribution >= 4 is 27.3 Å². The first kappa shape index (κ1) is 22.5. The highest BCUT2D eigenvalue weighted by Crippen LogP contribution is 2.27. The summed E-state index contributed by atoms with van der Waals surface area (Å²) in [6, 6.07) is 7.48. The van der Waals surface area contributed by atoms with Gasteiger partial charge in [0.1, 0.15) is 0 Å². The van der Waals surface area contributed by atoms with Crippen LogP contribution in [0.1, 0.15) is 47.8 Å². The minimum Gasteiger partial charge on any atom is -0.341 e. The van der Waals surface area contributed by atoms with Crippen molar-refractivity contribution in [3.05, 3.63) is 46.8 Å². The molecule has 8 nitrogen and oxygen atoms in total. The van der Waals surface area contributed by atoms with Crippen LogP contribution in [-0.4, -0.2) is 60.0 Å². The molecule has 4 rings (SSSR count). The lowest BCUT2D eigenvalue weighted by molar-refractivity contribution is -0.129. The third-order valence-electron chi connectivity index (χ3n) is 6.53. The Bertz CT molecular complexity index is 1140. The van der Waals surface area contributed by atoms with Gasteiger partial charge in [0.25, 0.3) is 0 Å². The van der Waals surface area contributed by atoms with Crippen molar-refractivity contribution in [1.29, 1.82) is 0 Å². The van der Waals surface area contributed by atoms with E-state index in [0.717, 1.165) is 41.2 Å². The molecule has 2 aliphatic rings. The van der Waals surface area contributed by atoms with Gasteiger partial charge in [-0.05, 0) is 44.4 Å². The number of aromatic nitrogens is 2. The van der Waals surface area contributed by atoms with E-state index in [1.807, 2.05) is 42.8 Å². The van der Waals surface area contributed by atoms with E-state index in [4.69, 9.17) is 0 Å². The number of aryl methyl sites for hydroxylation is 1. The second kappa shape index (κ2) is 8.69. The Hall–Kier alpha value is -2.68. The SMILES string of the molecule is Cc1nn([C@@H]2CCS(=O)(=O)C2)c(C)c1CN(C)C(=O)Cc1ccc(N2CCCC2=O)cc1. The molecule has 1 aromatic carbocycles. The molecule has 2 saturated heterocycles. The molecule has 2 aliphatic heterocycles. The van der Waals surface area contributed by atoms with Crippen LogP contribution in [0.25, 0.3) is 0 Å². The Morgan fingerprint density at radius 1 is 1.22 bits per heavy atom. The van der Waals surface area contributed by atoms with Gasteiger partial charge in [-0.1, -0.05) is 12.1 Å². The number of carbonyl (C=O) groups is 2. The van der Waals surface area contributed by atoms with Crippen LogP contribution in [0.2, 0.25) is 0 Å². The van der Waals surface area contributed by atoms with Gasteiger partial charge in [0.15, 0.2) is 9.84 Å². The maximum atomic E-state index is 12.8. The molecule has 0 bridgehead atoms. The first-order valence-electron chi connectivity index (χ1n) is 11.0. The highest BCUT2D eigenvalue weighted by molar-refractivity contribution is 7.91. The number of amides is 2. The smallest absolute Gasteiger partial charge is 0.227 e. The van der Waals surface area contributed by atoms with Crippen LogP contribution in [0.4, 0.5) is 5.69 Å². The van der Waals surface area contributed by atoms with Gasteiger partial charge in [-0.15, -0.1) is 0 Å². The summed E-state index contributed by atoms with van der Waals surface area (Å²) in [5.41, 5.74) is 4.49. The first-order valence-corrected chi connectivity index (χ1v) is 12.8. The lowest BCUT2D eigenvalue weighted by Gasteiger charge is -2.19. The molecule has 2 fully saturated rings. The van der Waals surface area contributed by atoms with E-state index < -0.39 is 9.84 Å². The molecule has 172 valence electrons. The van der Waals surface area contributed by atoms with E-state index in [-0.39, 0.29) is 35.8 Å². The van der Waals surface area contributed by atoms with Gasteiger partial charge in [0.2, 0.25) is 11.8 Å². The molecule has 2 aromatic rings. The fourth-order valence-corrected chi connectivity index (χ4v) is 6.29. The number of anilines is 1. The maximum absolute atomic E-state index is 12.8. The average Bonchev–Trinajstić information content (AvgIpc) is 3.41. The molecular formula is C23H30N4O4S. The molecular weight excluding hydrogens is 428 g/mol. The summed E-state index contributed by atoms with van der Waals surface area (Å²) >= 11 is 0. The molecule has 0 saturated carbocycles. The normalized spacial score (nSPS) is 20.2. The first-order chi connectivity index (χ1) is 15.1. The minimum atomic E-state index is -2.99. The fourth-order valence-electron chi connectivity index (χ4n) is 4.60. The summed E-state index contributed by atoms with van der Waals surface area (Å²) in [7, 11) is -1.22. The van der Waals surface area contributed by atoms with Crippen molar-refractivity contribution in [2.45, 2.75) is 52.1 Å². The molecule has 32 heavy (non-hydrogen) atoms. The van der Waals surface area contributed by atoms with Gasteiger partial charge in [-0.2, -0.15) is 5.10 Å². The fraction of sp³-hybridized carbons (Fsp3) is 0.522. The molecule has 3 heterocycles. The number of carbonyl (C=O) groups excluding carboxylic acids is 2. The van der Waals surface area contributed by atoms with E-state index in [9.17, 15) is 18.0 Å². The number of rotatable bonds is 6. The van der Waals surface area contributed by atoms with E-state index in [1.165, 1.54) is 0 Å². The maximum Gasteiger partial charge on any atom is 0.227 e. The van der Waals surface area contributed by atoms with Crippen molar-refractivity contribution in [1.82, 2.24) is 14.7 Å². The van der Waals surface area contributed by atoms with E-state index in [2.05, 4.69) is 5.10 Å². The van der Waals surface area contributed by atoms with Crippen molar-refractivity contribution in [2.75, 3.05) is 30.0 Å². The predicted octanol–water partition coefficient (Wildman–Crippen LogP) is 2.19. The Balaban J connectivity index is 1.40. The Morgan fingerprint density at radius 2 is 1.94 bits per heavy atom. The van der Waals surface area contributed by atoms with E-state index >= 15 is 0 Å². The highest BCUT2D eigenvalue weighted by atomic mass is 32.2. The summed E-state index contributed by atoms with van der Waals surface area (Å²) in [5, 5.41) is 4.59. The number of benzene rings is 1. The van der Waals surface area contributed by atoms with Gasteiger partial charge >= 0.3 is 0 Å². The van der Waals surface area contributed by atoms with Gasteiger partial charge in [-0.3, -0.25) is 14.3 Å². The van der Waals surface area contributed by atoms with Gasteiger partial charge < -0.3 is 9.80 Å². The summed E-state index contributed by atoms with van der Waals surface area (Å²) in [6.07, 6.45) is 2.34. The zero-order chi connectivity index (χ0) is 23.0. The number of sulfone groups is 1. The largest absolute Gasteiger partial charge is 0.341 e.